The fourth-order valence-corrected chi connectivity index (χ4v) is 3.66. The number of fused-ring (bicyclic) bond motifs is 2. The molecule has 2 fully saturated rings. The molecule has 1 aromatic heterocycles. The number of aromatic nitrogens is 2. The first-order valence-corrected chi connectivity index (χ1v) is 7.59. The highest BCUT2D eigenvalue weighted by atomic mass is 35.5. The van der Waals surface area contributed by atoms with E-state index in [9.17, 15) is 4.39 Å². The lowest BCUT2D eigenvalue weighted by Gasteiger charge is -2.15. The van der Waals surface area contributed by atoms with Gasteiger partial charge >= 0.3 is 0 Å². The van der Waals surface area contributed by atoms with Crippen LogP contribution in [-0.2, 0) is 6.42 Å². The van der Waals surface area contributed by atoms with Crippen molar-refractivity contribution in [3.63, 3.8) is 0 Å². The smallest absolute Gasteiger partial charge is 0.231 e. The van der Waals surface area contributed by atoms with E-state index in [1.807, 2.05) is 0 Å². The van der Waals surface area contributed by atoms with E-state index in [1.54, 1.807) is 6.07 Å². The number of hydrogen-bond acceptors (Lipinski definition) is 4. The molecule has 3 heterocycles. The Balaban J connectivity index is 1.52. The van der Waals surface area contributed by atoms with Crippen LogP contribution in [0.3, 0.4) is 0 Å². The van der Waals surface area contributed by atoms with Crippen molar-refractivity contribution in [2.24, 2.45) is 0 Å². The fourth-order valence-electron chi connectivity index (χ4n) is 3.42. The van der Waals surface area contributed by atoms with E-state index < -0.39 is 0 Å². The minimum atomic E-state index is -0.342. The van der Waals surface area contributed by atoms with Crippen molar-refractivity contribution >= 4 is 11.6 Å². The van der Waals surface area contributed by atoms with Gasteiger partial charge in [-0.2, -0.15) is 4.98 Å². The molecule has 0 aliphatic carbocycles. The van der Waals surface area contributed by atoms with Gasteiger partial charge < -0.3 is 9.84 Å². The van der Waals surface area contributed by atoms with Crippen molar-refractivity contribution in [3.8, 4) is 0 Å². The van der Waals surface area contributed by atoms with E-state index in [0.717, 1.165) is 12.0 Å². The number of nitrogens with one attached hydrogen (secondary N) is 1. The number of halogens is 2. The monoisotopic (exact) mass is 307 g/mol. The molecule has 2 aromatic rings. The summed E-state index contributed by atoms with van der Waals surface area (Å²) in [5.41, 5.74) is 0.802. The Labute approximate surface area is 126 Å². The molecule has 3 atom stereocenters. The summed E-state index contributed by atoms with van der Waals surface area (Å²) in [6, 6.07) is 5.42. The molecule has 2 aliphatic rings. The molecule has 0 saturated carbocycles. The van der Waals surface area contributed by atoms with Gasteiger partial charge in [-0.15, -0.1) is 0 Å². The Morgan fingerprint density at radius 2 is 2.29 bits per heavy atom. The molecule has 4 nitrogen and oxygen atoms in total. The van der Waals surface area contributed by atoms with Gasteiger partial charge in [0.05, 0.1) is 5.92 Å². The van der Waals surface area contributed by atoms with Crippen molar-refractivity contribution in [3.05, 3.63) is 46.3 Å². The molecule has 21 heavy (non-hydrogen) atoms. The minimum Gasteiger partial charge on any atom is -0.339 e. The summed E-state index contributed by atoms with van der Waals surface area (Å²) >= 11 is 6.03. The highest BCUT2D eigenvalue weighted by Gasteiger charge is 2.42. The van der Waals surface area contributed by atoms with Crippen LogP contribution in [0, 0.1) is 5.82 Å². The first kappa shape index (κ1) is 13.2. The van der Waals surface area contributed by atoms with E-state index in [-0.39, 0.29) is 5.82 Å². The molecule has 2 saturated heterocycles. The van der Waals surface area contributed by atoms with Crippen LogP contribution in [0.25, 0.3) is 0 Å². The molecule has 110 valence electrons. The molecule has 4 rings (SSSR count). The summed E-state index contributed by atoms with van der Waals surface area (Å²) < 4.78 is 18.5. The van der Waals surface area contributed by atoms with Crippen molar-refractivity contribution in [2.75, 3.05) is 0 Å². The number of nitrogens with zero attached hydrogens (tertiary/aromatic N) is 2. The van der Waals surface area contributed by atoms with Gasteiger partial charge in [-0.1, -0.05) is 22.8 Å². The van der Waals surface area contributed by atoms with Gasteiger partial charge in [-0.05, 0) is 37.0 Å². The maximum Gasteiger partial charge on any atom is 0.231 e. The summed E-state index contributed by atoms with van der Waals surface area (Å²) in [5, 5.41) is 7.99. The lowest BCUT2D eigenvalue weighted by molar-refractivity contribution is 0.327. The second-order valence-electron chi connectivity index (χ2n) is 5.85. The largest absolute Gasteiger partial charge is 0.339 e. The number of rotatable bonds is 3. The summed E-state index contributed by atoms with van der Waals surface area (Å²) in [6.07, 6.45) is 3.95. The average molecular weight is 308 g/mol. The predicted octanol–water partition coefficient (Wildman–Crippen LogP) is 3.06. The van der Waals surface area contributed by atoms with Gasteiger partial charge in [0.15, 0.2) is 5.82 Å². The van der Waals surface area contributed by atoms with Crippen molar-refractivity contribution in [1.29, 1.82) is 0 Å². The average Bonchev–Trinajstić information content (AvgIpc) is 3.17. The Morgan fingerprint density at radius 1 is 1.38 bits per heavy atom. The second-order valence-corrected chi connectivity index (χ2v) is 6.26. The summed E-state index contributed by atoms with van der Waals surface area (Å²) in [4.78, 5) is 4.50. The van der Waals surface area contributed by atoms with Gasteiger partial charge in [0.2, 0.25) is 5.89 Å². The van der Waals surface area contributed by atoms with Crippen molar-refractivity contribution in [1.82, 2.24) is 15.5 Å². The van der Waals surface area contributed by atoms with Crippen molar-refractivity contribution in [2.45, 2.75) is 43.7 Å². The number of hydrogen-bond donors (Lipinski definition) is 1. The first-order chi connectivity index (χ1) is 10.2. The highest BCUT2D eigenvalue weighted by Crippen LogP contribution is 2.39. The molecule has 2 bridgehead atoms. The maximum absolute atomic E-state index is 13.0. The first-order valence-electron chi connectivity index (χ1n) is 7.21. The quantitative estimate of drug-likeness (QED) is 0.947. The van der Waals surface area contributed by atoms with Crippen LogP contribution >= 0.6 is 11.6 Å². The lowest BCUT2D eigenvalue weighted by Crippen LogP contribution is -2.21. The van der Waals surface area contributed by atoms with Crippen molar-refractivity contribution < 1.29 is 8.91 Å². The standard InChI is InChI=1S/C15H15ClFN3O/c16-12-6-9(17)2-1-8(12)5-14-19-15(21-20-14)11-7-10-3-4-13(11)18-10/h1-2,6,10-11,13,18H,3-5,7H2. The van der Waals surface area contributed by atoms with Gasteiger partial charge in [-0.25, -0.2) is 4.39 Å². The summed E-state index contributed by atoms with van der Waals surface area (Å²) in [7, 11) is 0. The summed E-state index contributed by atoms with van der Waals surface area (Å²) in [6.45, 7) is 0. The molecule has 3 unspecified atom stereocenters. The third-order valence-corrected chi connectivity index (χ3v) is 4.82. The van der Waals surface area contributed by atoms with Crippen LogP contribution in [0.5, 0.6) is 0 Å². The van der Waals surface area contributed by atoms with Crippen LogP contribution in [0.4, 0.5) is 4.39 Å². The van der Waals surface area contributed by atoms with E-state index in [0.29, 0.717) is 41.2 Å². The molecule has 2 aliphatic heterocycles. The van der Waals surface area contributed by atoms with Gasteiger partial charge in [0.1, 0.15) is 5.82 Å². The Bertz CT molecular complexity index is 675. The Kier molecular flexibility index (Phi) is 3.19. The zero-order valence-electron chi connectivity index (χ0n) is 11.4. The molecule has 0 radical (unpaired) electrons. The fraction of sp³-hybridized carbons (Fsp3) is 0.467. The van der Waals surface area contributed by atoms with Crippen LogP contribution in [0.1, 0.15) is 42.5 Å². The topological polar surface area (TPSA) is 51.0 Å². The van der Waals surface area contributed by atoms with Crippen LogP contribution in [0.15, 0.2) is 22.7 Å². The molecule has 0 amide bonds. The van der Waals surface area contributed by atoms with Gasteiger partial charge in [0.25, 0.3) is 0 Å². The SMILES string of the molecule is Fc1ccc(Cc2noc(C3CC4CCC3N4)n2)c(Cl)c1. The Hall–Kier alpha value is -1.46. The van der Waals surface area contributed by atoms with Gasteiger partial charge in [0, 0.05) is 23.5 Å². The summed E-state index contributed by atoms with van der Waals surface area (Å²) in [5.74, 6) is 1.29. The van der Waals surface area contributed by atoms with E-state index >= 15 is 0 Å². The predicted molar refractivity (Wildman–Crippen MR) is 75.8 cm³/mol. The lowest BCUT2D eigenvalue weighted by atomic mass is 9.89. The van der Waals surface area contributed by atoms with Crippen LogP contribution in [-0.4, -0.2) is 22.2 Å². The van der Waals surface area contributed by atoms with E-state index in [2.05, 4.69) is 15.5 Å². The molecule has 1 N–H and O–H groups in total. The van der Waals surface area contributed by atoms with E-state index in [4.69, 9.17) is 16.1 Å². The molecular weight excluding hydrogens is 293 g/mol. The zero-order valence-corrected chi connectivity index (χ0v) is 12.1. The molecule has 6 heteroatoms. The zero-order chi connectivity index (χ0) is 14.4. The van der Waals surface area contributed by atoms with Gasteiger partial charge in [-0.3, -0.25) is 0 Å². The number of benzene rings is 1. The van der Waals surface area contributed by atoms with Crippen LogP contribution < -0.4 is 5.32 Å². The minimum absolute atomic E-state index is 0.327. The Morgan fingerprint density at radius 3 is 3.00 bits per heavy atom. The normalized spacial score (nSPS) is 27.4. The van der Waals surface area contributed by atoms with E-state index in [1.165, 1.54) is 25.0 Å². The molecular formula is C15H15ClFN3O. The molecule has 1 aromatic carbocycles. The molecule has 0 spiro atoms. The highest BCUT2D eigenvalue weighted by molar-refractivity contribution is 6.31. The van der Waals surface area contributed by atoms with Crippen LogP contribution in [0.2, 0.25) is 5.02 Å². The third kappa shape index (κ3) is 2.45. The third-order valence-electron chi connectivity index (χ3n) is 4.46. The second kappa shape index (κ2) is 5.07. The maximum atomic E-state index is 13.0.